The quantitative estimate of drug-likeness (QED) is 0.614. The lowest BCUT2D eigenvalue weighted by atomic mass is 9.88. The van der Waals surface area contributed by atoms with Crippen LogP contribution in [0, 0.1) is 13.8 Å². The molecule has 2 heteroatoms. The highest BCUT2D eigenvalue weighted by Gasteiger charge is 2.23. The van der Waals surface area contributed by atoms with Gasteiger partial charge in [0.15, 0.2) is 0 Å². The van der Waals surface area contributed by atoms with Gasteiger partial charge >= 0.3 is 0 Å². The molecule has 110 valence electrons. The number of aryl methyl sites for hydroxylation is 2. The minimum absolute atomic E-state index is 0.797. The molecule has 0 heterocycles. The summed E-state index contributed by atoms with van der Waals surface area (Å²) in [5.41, 5.74) is 4.38. The molecule has 0 aliphatic heterocycles. The van der Waals surface area contributed by atoms with Crippen LogP contribution in [0.1, 0.15) is 28.4 Å². The lowest BCUT2D eigenvalue weighted by Crippen LogP contribution is -2.19. The number of benzene rings is 3. The van der Waals surface area contributed by atoms with E-state index in [1.54, 1.807) is 6.08 Å². The number of fused-ring (bicyclic) bond motifs is 4. The van der Waals surface area contributed by atoms with Crippen molar-refractivity contribution in [1.29, 1.82) is 0 Å². The fraction of sp³-hybridized carbons (Fsp3) is 0.200. The summed E-state index contributed by atoms with van der Waals surface area (Å²) in [4.78, 5) is 0. The average Bonchev–Trinajstić information content (AvgIpc) is 2.50. The second-order valence-electron chi connectivity index (χ2n) is 6.22. The first kappa shape index (κ1) is 13.5. The van der Waals surface area contributed by atoms with Crippen LogP contribution in [-0.4, -0.2) is 16.3 Å². The molecule has 4 rings (SSSR count). The van der Waals surface area contributed by atoms with Crippen molar-refractivity contribution in [1.82, 2.24) is 0 Å². The van der Waals surface area contributed by atoms with Crippen LogP contribution in [0.3, 0.4) is 0 Å². The third-order valence-corrected chi connectivity index (χ3v) is 4.77. The van der Waals surface area contributed by atoms with Gasteiger partial charge in [-0.05, 0) is 69.8 Å². The molecule has 3 aromatic rings. The first-order chi connectivity index (χ1) is 10.5. The Balaban J connectivity index is 2.08. The van der Waals surface area contributed by atoms with Gasteiger partial charge in [0, 0.05) is 0 Å². The maximum Gasteiger partial charge on any atom is 0.109 e. The first-order valence-corrected chi connectivity index (χ1v) is 7.56. The number of hydrogen-bond donors (Lipinski definition) is 2. The molecule has 0 spiro atoms. The topological polar surface area (TPSA) is 40.5 Å². The molecular formula is C20H18O2. The molecule has 22 heavy (non-hydrogen) atoms. The van der Waals surface area contributed by atoms with Gasteiger partial charge in [0.05, 0.1) is 0 Å². The van der Waals surface area contributed by atoms with E-state index in [2.05, 4.69) is 38.1 Å². The molecule has 2 atom stereocenters. The maximum atomic E-state index is 10.2. The van der Waals surface area contributed by atoms with Gasteiger partial charge in [-0.3, -0.25) is 0 Å². The highest BCUT2D eigenvalue weighted by atomic mass is 16.3. The molecule has 0 saturated heterocycles. The van der Waals surface area contributed by atoms with Crippen molar-refractivity contribution >= 4 is 27.6 Å². The van der Waals surface area contributed by atoms with Crippen molar-refractivity contribution in [2.24, 2.45) is 0 Å². The number of hydrogen-bond acceptors (Lipinski definition) is 2. The normalized spacial score (nSPS) is 20.5. The van der Waals surface area contributed by atoms with Gasteiger partial charge in [-0.1, -0.05) is 36.4 Å². The molecule has 0 radical (unpaired) electrons. The zero-order valence-corrected chi connectivity index (χ0v) is 12.7. The molecule has 0 bridgehead atoms. The van der Waals surface area contributed by atoms with Crippen LogP contribution in [-0.2, 0) is 0 Å². The van der Waals surface area contributed by atoms with Crippen molar-refractivity contribution < 1.29 is 10.2 Å². The van der Waals surface area contributed by atoms with E-state index in [4.69, 9.17) is 0 Å². The third-order valence-electron chi connectivity index (χ3n) is 4.77. The molecule has 0 saturated carbocycles. The van der Waals surface area contributed by atoms with E-state index in [1.165, 1.54) is 21.9 Å². The van der Waals surface area contributed by atoms with Crippen molar-refractivity contribution in [2.75, 3.05) is 0 Å². The summed E-state index contributed by atoms with van der Waals surface area (Å²) in [7, 11) is 0. The van der Waals surface area contributed by atoms with Crippen LogP contribution in [0.2, 0.25) is 0 Å². The van der Waals surface area contributed by atoms with E-state index in [0.29, 0.717) is 0 Å². The Morgan fingerprint density at radius 3 is 2.23 bits per heavy atom. The van der Waals surface area contributed by atoms with Crippen molar-refractivity contribution in [3.05, 3.63) is 64.7 Å². The molecule has 3 aromatic carbocycles. The zero-order valence-electron chi connectivity index (χ0n) is 12.7. The van der Waals surface area contributed by atoms with E-state index in [0.717, 1.165) is 21.9 Å². The molecule has 1 aliphatic rings. The molecule has 2 N–H and O–H groups in total. The lowest BCUT2D eigenvalue weighted by Gasteiger charge is -2.23. The van der Waals surface area contributed by atoms with E-state index >= 15 is 0 Å². The standard InChI is InChI=1S/C20H18O2/c1-11-7-14-9-13-3-4-17-16(5-6-19(21)20(17)22)18(13)10-15(14)8-12(11)2/h3-10,19-22H,1-2H3. The van der Waals surface area contributed by atoms with Gasteiger partial charge in [-0.25, -0.2) is 0 Å². The summed E-state index contributed by atoms with van der Waals surface area (Å²) in [6, 6.07) is 12.8. The zero-order chi connectivity index (χ0) is 15.4. The van der Waals surface area contributed by atoms with Gasteiger partial charge in [-0.15, -0.1) is 0 Å². The summed E-state index contributed by atoms with van der Waals surface area (Å²) in [5.74, 6) is 0. The number of aliphatic hydroxyl groups is 2. The monoisotopic (exact) mass is 290 g/mol. The molecule has 2 unspecified atom stereocenters. The van der Waals surface area contributed by atoms with Gasteiger partial charge < -0.3 is 10.2 Å². The van der Waals surface area contributed by atoms with E-state index in [1.807, 2.05) is 18.2 Å². The van der Waals surface area contributed by atoms with E-state index < -0.39 is 12.2 Å². The van der Waals surface area contributed by atoms with Crippen LogP contribution in [0.15, 0.2) is 42.5 Å². The lowest BCUT2D eigenvalue weighted by molar-refractivity contribution is 0.0471. The minimum Gasteiger partial charge on any atom is -0.386 e. The summed E-state index contributed by atoms with van der Waals surface area (Å²) < 4.78 is 0. The Kier molecular flexibility index (Phi) is 2.86. The second kappa shape index (κ2) is 4.67. The van der Waals surface area contributed by atoms with Crippen molar-refractivity contribution in [3.8, 4) is 0 Å². The number of aliphatic hydroxyl groups excluding tert-OH is 2. The largest absolute Gasteiger partial charge is 0.386 e. The Morgan fingerprint density at radius 1 is 0.818 bits per heavy atom. The van der Waals surface area contributed by atoms with Crippen LogP contribution in [0.5, 0.6) is 0 Å². The number of rotatable bonds is 0. The maximum absolute atomic E-state index is 10.2. The summed E-state index contributed by atoms with van der Waals surface area (Å²) in [6.07, 6.45) is 1.91. The summed E-state index contributed by atoms with van der Waals surface area (Å²) >= 11 is 0. The molecule has 0 fully saturated rings. The highest BCUT2D eigenvalue weighted by Crippen LogP contribution is 2.35. The smallest absolute Gasteiger partial charge is 0.109 e. The van der Waals surface area contributed by atoms with Gasteiger partial charge in [-0.2, -0.15) is 0 Å². The van der Waals surface area contributed by atoms with Gasteiger partial charge in [0.25, 0.3) is 0 Å². The predicted octanol–water partition coefficient (Wildman–Crippen LogP) is 4.03. The van der Waals surface area contributed by atoms with Crippen LogP contribution >= 0.6 is 0 Å². The predicted molar refractivity (Wildman–Crippen MR) is 90.9 cm³/mol. The molecule has 2 nitrogen and oxygen atoms in total. The second-order valence-corrected chi connectivity index (χ2v) is 6.22. The van der Waals surface area contributed by atoms with Crippen LogP contribution in [0.25, 0.3) is 27.6 Å². The molecule has 0 amide bonds. The van der Waals surface area contributed by atoms with Gasteiger partial charge in [0.1, 0.15) is 12.2 Å². The molecule has 0 aromatic heterocycles. The Bertz CT molecular complexity index is 937. The Labute approximate surface area is 129 Å². The fourth-order valence-corrected chi connectivity index (χ4v) is 3.32. The van der Waals surface area contributed by atoms with E-state index in [9.17, 15) is 10.2 Å². The van der Waals surface area contributed by atoms with Crippen LogP contribution in [0.4, 0.5) is 0 Å². The highest BCUT2D eigenvalue weighted by molar-refractivity contribution is 6.03. The first-order valence-electron chi connectivity index (χ1n) is 7.56. The average molecular weight is 290 g/mol. The van der Waals surface area contributed by atoms with Crippen molar-refractivity contribution in [2.45, 2.75) is 26.1 Å². The van der Waals surface area contributed by atoms with Crippen molar-refractivity contribution in [3.63, 3.8) is 0 Å². The van der Waals surface area contributed by atoms with Gasteiger partial charge in [0.2, 0.25) is 0 Å². The van der Waals surface area contributed by atoms with E-state index in [-0.39, 0.29) is 0 Å². The third kappa shape index (κ3) is 1.88. The summed E-state index contributed by atoms with van der Waals surface area (Å²) in [6.45, 7) is 4.26. The Hall–Kier alpha value is -2.16. The fourth-order valence-electron chi connectivity index (χ4n) is 3.32. The Morgan fingerprint density at radius 2 is 1.50 bits per heavy atom. The van der Waals surface area contributed by atoms with Crippen LogP contribution < -0.4 is 0 Å². The summed E-state index contributed by atoms with van der Waals surface area (Å²) in [5, 5.41) is 24.7. The molecule has 1 aliphatic carbocycles. The minimum atomic E-state index is -0.847. The SMILES string of the molecule is Cc1cc2cc3ccc4c(c3cc2cc1C)C=CC(O)C4O. The molecular weight excluding hydrogens is 272 g/mol.